The minimum absolute atomic E-state index is 0.501. The Labute approximate surface area is 100 Å². The molecule has 0 aromatic carbocycles. The van der Waals surface area contributed by atoms with E-state index in [1.807, 2.05) is 0 Å². The monoisotopic (exact) mass is 225 g/mol. The SMILES string of the molecule is CC(C)(C)CCC1(CN2CCOCC2)CC1. The summed E-state index contributed by atoms with van der Waals surface area (Å²) in [6, 6.07) is 0. The Balaban J connectivity index is 1.75. The summed E-state index contributed by atoms with van der Waals surface area (Å²) in [5, 5.41) is 0. The fourth-order valence-electron chi connectivity index (χ4n) is 2.54. The predicted octanol–water partition coefficient (Wildman–Crippen LogP) is 2.93. The molecule has 2 nitrogen and oxygen atoms in total. The van der Waals surface area contributed by atoms with Crippen LogP contribution in [0, 0.1) is 10.8 Å². The third-order valence-electron chi connectivity index (χ3n) is 4.03. The van der Waals surface area contributed by atoms with Gasteiger partial charge in [0.2, 0.25) is 0 Å². The molecule has 1 aliphatic carbocycles. The molecule has 0 N–H and O–H groups in total. The third-order valence-corrected chi connectivity index (χ3v) is 4.03. The standard InChI is InChI=1S/C14H27NO/c1-13(2,3)4-5-14(6-7-14)12-15-8-10-16-11-9-15/h4-12H2,1-3H3. The lowest BCUT2D eigenvalue weighted by Gasteiger charge is -2.31. The molecule has 0 radical (unpaired) electrons. The average molecular weight is 225 g/mol. The molecule has 2 heteroatoms. The summed E-state index contributed by atoms with van der Waals surface area (Å²) in [4.78, 5) is 2.61. The second-order valence-electron chi connectivity index (χ2n) is 6.95. The van der Waals surface area contributed by atoms with Crippen LogP contribution in [0.1, 0.15) is 46.5 Å². The highest BCUT2D eigenvalue weighted by Gasteiger charge is 2.43. The minimum atomic E-state index is 0.501. The van der Waals surface area contributed by atoms with E-state index in [1.54, 1.807) is 0 Å². The number of morpholine rings is 1. The van der Waals surface area contributed by atoms with Crippen molar-refractivity contribution in [1.29, 1.82) is 0 Å². The van der Waals surface area contributed by atoms with E-state index in [2.05, 4.69) is 25.7 Å². The van der Waals surface area contributed by atoms with Crippen LogP contribution >= 0.6 is 0 Å². The maximum absolute atomic E-state index is 5.41. The Morgan fingerprint density at radius 3 is 2.25 bits per heavy atom. The van der Waals surface area contributed by atoms with Gasteiger partial charge in [-0.2, -0.15) is 0 Å². The van der Waals surface area contributed by atoms with Crippen molar-refractivity contribution < 1.29 is 4.74 Å². The van der Waals surface area contributed by atoms with Gasteiger partial charge in [-0.25, -0.2) is 0 Å². The van der Waals surface area contributed by atoms with Crippen LogP contribution in [0.25, 0.3) is 0 Å². The Kier molecular flexibility index (Phi) is 3.60. The fourth-order valence-corrected chi connectivity index (χ4v) is 2.54. The zero-order valence-corrected chi connectivity index (χ0v) is 11.2. The number of ether oxygens (including phenoxy) is 1. The normalized spacial score (nSPS) is 25.7. The van der Waals surface area contributed by atoms with Crippen LogP contribution in [-0.4, -0.2) is 37.7 Å². The van der Waals surface area contributed by atoms with Crippen LogP contribution in [-0.2, 0) is 4.74 Å². The van der Waals surface area contributed by atoms with Gasteiger partial charge in [0.15, 0.2) is 0 Å². The van der Waals surface area contributed by atoms with E-state index in [4.69, 9.17) is 4.74 Å². The lowest BCUT2D eigenvalue weighted by Crippen LogP contribution is -2.40. The van der Waals surface area contributed by atoms with Crippen LogP contribution in [0.3, 0.4) is 0 Å². The Morgan fingerprint density at radius 2 is 1.75 bits per heavy atom. The Hall–Kier alpha value is -0.0800. The summed E-state index contributed by atoms with van der Waals surface area (Å²) >= 11 is 0. The number of rotatable bonds is 4. The van der Waals surface area contributed by atoms with Gasteiger partial charge in [0.05, 0.1) is 13.2 Å². The number of nitrogens with zero attached hydrogens (tertiary/aromatic N) is 1. The molecular weight excluding hydrogens is 198 g/mol. The molecule has 0 bridgehead atoms. The van der Waals surface area contributed by atoms with E-state index in [-0.39, 0.29) is 0 Å². The first-order valence-corrected chi connectivity index (χ1v) is 6.79. The van der Waals surface area contributed by atoms with E-state index < -0.39 is 0 Å². The second-order valence-corrected chi connectivity index (χ2v) is 6.95. The van der Waals surface area contributed by atoms with Crippen molar-refractivity contribution in [2.24, 2.45) is 10.8 Å². The van der Waals surface area contributed by atoms with Crippen LogP contribution in [0.4, 0.5) is 0 Å². The molecule has 2 rings (SSSR count). The molecule has 0 aromatic heterocycles. The Bertz CT molecular complexity index is 221. The molecule has 2 fully saturated rings. The summed E-state index contributed by atoms with van der Waals surface area (Å²) in [7, 11) is 0. The first-order valence-electron chi connectivity index (χ1n) is 6.79. The largest absolute Gasteiger partial charge is 0.379 e. The molecule has 0 amide bonds. The second kappa shape index (κ2) is 4.66. The first kappa shape index (κ1) is 12.4. The highest BCUT2D eigenvalue weighted by molar-refractivity contribution is 4.96. The van der Waals surface area contributed by atoms with Gasteiger partial charge in [-0.3, -0.25) is 4.90 Å². The van der Waals surface area contributed by atoms with Crippen molar-refractivity contribution in [2.45, 2.75) is 46.5 Å². The minimum Gasteiger partial charge on any atom is -0.379 e. The maximum atomic E-state index is 5.41. The van der Waals surface area contributed by atoms with Crippen LogP contribution in [0.15, 0.2) is 0 Å². The van der Waals surface area contributed by atoms with Gasteiger partial charge in [0.1, 0.15) is 0 Å². The van der Waals surface area contributed by atoms with Gasteiger partial charge in [0.25, 0.3) is 0 Å². The summed E-state index contributed by atoms with van der Waals surface area (Å²) in [6.07, 6.45) is 5.71. The van der Waals surface area contributed by atoms with Crippen molar-refractivity contribution >= 4 is 0 Å². The van der Waals surface area contributed by atoms with Gasteiger partial charge >= 0.3 is 0 Å². The molecular formula is C14H27NO. The molecule has 0 atom stereocenters. The molecule has 16 heavy (non-hydrogen) atoms. The van der Waals surface area contributed by atoms with E-state index >= 15 is 0 Å². The summed E-state index contributed by atoms with van der Waals surface area (Å²) < 4.78 is 5.41. The topological polar surface area (TPSA) is 12.5 Å². The lowest BCUT2D eigenvalue weighted by atomic mass is 9.85. The van der Waals surface area contributed by atoms with Gasteiger partial charge in [-0.05, 0) is 36.5 Å². The quantitative estimate of drug-likeness (QED) is 0.729. The molecule has 1 heterocycles. The van der Waals surface area contributed by atoms with E-state index in [1.165, 1.54) is 32.2 Å². The predicted molar refractivity (Wildman–Crippen MR) is 67.6 cm³/mol. The smallest absolute Gasteiger partial charge is 0.0594 e. The maximum Gasteiger partial charge on any atom is 0.0594 e. The van der Waals surface area contributed by atoms with Crippen molar-refractivity contribution in [3.63, 3.8) is 0 Å². The average Bonchev–Trinajstić information content (AvgIpc) is 2.96. The molecule has 1 saturated heterocycles. The molecule has 94 valence electrons. The lowest BCUT2D eigenvalue weighted by molar-refractivity contribution is 0.0267. The Morgan fingerprint density at radius 1 is 1.12 bits per heavy atom. The molecule has 0 unspecified atom stereocenters. The zero-order valence-electron chi connectivity index (χ0n) is 11.2. The van der Waals surface area contributed by atoms with Crippen molar-refractivity contribution in [1.82, 2.24) is 4.90 Å². The molecule has 1 saturated carbocycles. The first-order chi connectivity index (χ1) is 7.49. The van der Waals surface area contributed by atoms with Crippen molar-refractivity contribution in [3.8, 4) is 0 Å². The van der Waals surface area contributed by atoms with E-state index in [0.717, 1.165) is 26.3 Å². The number of hydrogen-bond donors (Lipinski definition) is 0. The molecule has 0 spiro atoms. The fraction of sp³-hybridized carbons (Fsp3) is 1.00. The van der Waals surface area contributed by atoms with Crippen LogP contribution in [0.2, 0.25) is 0 Å². The zero-order chi connectivity index (χ0) is 11.6. The van der Waals surface area contributed by atoms with E-state index in [9.17, 15) is 0 Å². The molecule has 2 aliphatic rings. The molecule has 1 aliphatic heterocycles. The third kappa shape index (κ3) is 3.74. The van der Waals surface area contributed by atoms with E-state index in [0.29, 0.717) is 10.8 Å². The summed E-state index contributed by atoms with van der Waals surface area (Å²) in [5.74, 6) is 0. The summed E-state index contributed by atoms with van der Waals surface area (Å²) in [5.41, 5.74) is 1.19. The van der Waals surface area contributed by atoms with Crippen molar-refractivity contribution in [2.75, 3.05) is 32.8 Å². The summed E-state index contributed by atoms with van der Waals surface area (Å²) in [6.45, 7) is 12.6. The van der Waals surface area contributed by atoms with Gasteiger partial charge in [-0.15, -0.1) is 0 Å². The highest BCUT2D eigenvalue weighted by atomic mass is 16.5. The van der Waals surface area contributed by atoms with Crippen molar-refractivity contribution in [3.05, 3.63) is 0 Å². The van der Waals surface area contributed by atoms with Gasteiger partial charge < -0.3 is 4.74 Å². The molecule has 0 aromatic rings. The van der Waals surface area contributed by atoms with Crippen LogP contribution < -0.4 is 0 Å². The van der Waals surface area contributed by atoms with Gasteiger partial charge in [0, 0.05) is 19.6 Å². The number of hydrogen-bond acceptors (Lipinski definition) is 2. The van der Waals surface area contributed by atoms with Gasteiger partial charge in [-0.1, -0.05) is 20.8 Å². The van der Waals surface area contributed by atoms with Crippen LogP contribution in [0.5, 0.6) is 0 Å². The highest BCUT2D eigenvalue weighted by Crippen LogP contribution is 2.51.